The third-order valence-electron chi connectivity index (χ3n) is 14.1. The summed E-state index contributed by atoms with van der Waals surface area (Å²) in [6.07, 6.45) is 0. The minimum Gasteiger partial charge on any atom is -0.309 e. The molecular weight excluding hydrogens is 821 g/mol. The van der Waals surface area contributed by atoms with E-state index in [1.54, 1.807) is 0 Å². The van der Waals surface area contributed by atoms with Crippen LogP contribution in [0.25, 0.3) is 75.8 Å². The molecule has 326 valence electrons. The molecule has 0 aliphatic carbocycles. The van der Waals surface area contributed by atoms with Gasteiger partial charge in [0.15, 0.2) is 0 Å². The molecule has 0 unspecified atom stereocenters. The summed E-state index contributed by atoms with van der Waals surface area (Å²) in [5.74, 6) is 0.858. The Morgan fingerprint density at radius 1 is 0.265 bits per heavy atom. The fourth-order valence-corrected chi connectivity index (χ4v) is 10.8. The van der Waals surface area contributed by atoms with Crippen molar-refractivity contribution in [1.82, 2.24) is 0 Å². The summed E-state index contributed by atoms with van der Waals surface area (Å²) >= 11 is 0. The Labute approximate surface area is 399 Å². The maximum atomic E-state index is 2.52. The summed E-state index contributed by atoms with van der Waals surface area (Å²) in [6, 6.07) is 85.9. The van der Waals surface area contributed by atoms with Crippen molar-refractivity contribution in [3.05, 3.63) is 242 Å². The van der Waals surface area contributed by atoms with E-state index in [4.69, 9.17) is 0 Å². The normalized spacial score (nSPS) is 11.8. The van der Waals surface area contributed by atoms with Gasteiger partial charge in [-0.2, -0.15) is 0 Å². The number of hydrogen-bond acceptors (Lipinski definition) is 2. The van der Waals surface area contributed by atoms with E-state index in [9.17, 15) is 0 Å². The van der Waals surface area contributed by atoms with Gasteiger partial charge in [0, 0.05) is 44.0 Å². The van der Waals surface area contributed by atoms with Gasteiger partial charge >= 0.3 is 0 Å². The Balaban J connectivity index is 1.18. The highest BCUT2D eigenvalue weighted by Crippen LogP contribution is 2.54. The highest BCUT2D eigenvalue weighted by atomic mass is 15.2. The first-order valence-corrected chi connectivity index (χ1v) is 24.1. The van der Waals surface area contributed by atoms with Gasteiger partial charge in [-0.1, -0.05) is 216 Å². The lowest BCUT2D eigenvalue weighted by Crippen LogP contribution is -2.13. The van der Waals surface area contributed by atoms with Gasteiger partial charge in [0.05, 0.1) is 17.1 Å². The van der Waals surface area contributed by atoms with E-state index in [2.05, 4.69) is 268 Å². The molecule has 0 bridgehead atoms. The van der Waals surface area contributed by atoms with Crippen molar-refractivity contribution in [2.24, 2.45) is 0 Å². The molecule has 0 spiro atoms. The van der Waals surface area contributed by atoms with Crippen LogP contribution in [-0.2, 0) is 0 Å². The maximum Gasteiger partial charge on any atom is 0.0619 e. The summed E-state index contributed by atoms with van der Waals surface area (Å²) in [5, 5.41) is 14.5. The highest BCUT2D eigenvalue weighted by molar-refractivity contribution is 6.31. The first kappa shape index (κ1) is 41.2. The molecule has 68 heavy (non-hydrogen) atoms. The van der Waals surface area contributed by atoms with Gasteiger partial charge in [-0.05, 0) is 114 Å². The molecule has 0 aliphatic rings. The van der Waals surface area contributed by atoms with E-state index >= 15 is 0 Å². The van der Waals surface area contributed by atoms with Crippen molar-refractivity contribution in [1.29, 1.82) is 0 Å². The van der Waals surface area contributed by atoms with Gasteiger partial charge in [-0.25, -0.2) is 0 Å². The Morgan fingerprint density at radius 2 is 0.618 bits per heavy atom. The Kier molecular flexibility index (Phi) is 10.3. The van der Waals surface area contributed by atoms with Crippen molar-refractivity contribution < 1.29 is 0 Å². The second kappa shape index (κ2) is 16.9. The van der Waals surface area contributed by atoms with E-state index in [-0.39, 0.29) is 0 Å². The van der Waals surface area contributed by atoms with Crippen LogP contribution in [0.15, 0.2) is 231 Å². The largest absolute Gasteiger partial charge is 0.309 e. The second-order valence-corrected chi connectivity index (χ2v) is 18.8. The number of anilines is 6. The third kappa shape index (κ3) is 6.87. The van der Waals surface area contributed by atoms with E-state index in [1.165, 1.54) is 98.3 Å². The summed E-state index contributed by atoms with van der Waals surface area (Å²) in [6.45, 7) is 9.06. The molecule has 0 fully saturated rings. The summed E-state index contributed by atoms with van der Waals surface area (Å²) in [4.78, 5) is 5.02. The Bertz CT molecular complexity index is 3740. The molecule has 0 saturated heterocycles. The van der Waals surface area contributed by atoms with Gasteiger partial charge in [0.2, 0.25) is 0 Å². The molecule has 12 aromatic carbocycles. The maximum absolute atomic E-state index is 2.52. The molecule has 12 aromatic rings. The van der Waals surface area contributed by atoms with Gasteiger partial charge < -0.3 is 9.80 Å². The molecule has 2 nitrogen and oxygen atoms in total. The van der Waals surface area contributed by atoms with Crippen LogP contribution < -0.4 is 9.80 Å². The molecule has 0 saturated carbocycles. The number of rotatable bonds is 9. The van der Waals surface area contributed by atoms with Crippen LogP contribution in [0.2, 0.25) is 0 Å². The molecule has 0 heterocycles. The number of nitrogens with zero attached hydrogens (tertiary/aromatic N) is 2. The zero-order valence-corrected chi connectivity index (χ0v) is 39.0. The quantitative estimate of drug-likeness (QED) is 0.133. The zero-order valence-electron chi connectivity index (χ0n) is 39.0. The number of benzene rings is 12. The van der Waals surface area contributed by atoms with Crippen LogP contribution in [0.3, 0.4) is 0 Å². The summed E-state index contributed by atoms with van der Waals surface area (Å²) in [5.41, 5.74) is 12.0. The monoisotopic (exact) mass is 872 g/mol. The van der Waals surface area contributed by atoms with Crippen molar-refractivity contribution in [3.8, 4) is 11.1 Å². The number of hydrogen-bond donors (Lipinski definition) is 0. The molecule has 0 radical (unpaired) electrons. The average molecular weight is 873 g/mol. The fourth-order valence-electron chi connectivity index (χ4n) is 10.8. The fraction of sp³-hybridized carbons (Fsp3) is 0.0909. The third-order valence-corrected chi connectivity index (χ3v) is 14.1. The lowest BCUT2D eigenvalue weighted by Gasteiger charge is -2.32. The predicted octanol–water partition coefficient (Wildman–Crippen LogP) is 19.5. The van der Waals surface area contributed by atoms with E-state index in [0.29, 0.717) is 11.8 Å². The van der Waals surface area contributed by atoms with Crippen LogP contribution in [-0.4, -0.2) is 0 Å². The van der Waals surface area contributed by atoms with Crippen LogP contribution in [0, 0.1) is 0 Å². The van der Waals surface area contributed by atoms with Gasteiger partial charge in [-0.3, -0.25) is 0 Å². The summed E-state index contributed by atoms with van der Waals surface area (Å²) < 4.78 is 0. The molecule has 2 heteroatoms. The molecule has 0 aliphatic heterocycles. The average Bonchev–Trinajstić information content (AvgIpc) is 3.39. The lowest BCUT2D eigenvalue weighted by atomic mass is 9.84. The molecule has 0 N–H and O–H groups in total. The Morgan fingerprint density at radius 3 is 1.09 bits per heavy atom. The van der Waals surface area contributed by atoms with E-state index < -0.39 is 0 Å². The molecule has 0 aromatic heterocycles. The van der Waals surface area contributed by atoms with Crippen LogP contribution >= 0.6 is 0 Å². The first-order chi connectivity index (χ1) is 33.4. The Hall–Kier alpha value is -8.20. The molecular formula is C66H52N2. The van der Waals surface area contributed by atoms with Crippen LogP contribution in [0.5, 0.6) is 0 Å². The molecule has 0 atom stereocenters. The first-order valence-electron chi connectivity index (χ1n) is 24.1. The minimum absolute atomic E-state index is 0.428. The van der Waals surface area contributed by atoms with Crippen molar-refractivity contribution in [3.63, 3.8) is 0 Å². The van der Waals surface area contributed by atoms with Gasteiger partial charge in [-0.15, -0.1) is 0 Å². The highest BCUT2D eigenvalue weighted by Gasteiger charge is 2.27. The predicted molar refractivity (Wildman–Crippen MR) is 294 cm³/mol. The van der Waals surface area contributed by atoms with E-state index in [0.717, 1.165) is 22.7 Å². The van der Waals surface area contributed by atoms with Crippen molar-refractivity contribution in [2.45, 2.75) is 39.5 Å². The standard InChI is InChI=1S/C66H52N2/c1-43(2)45-32-37-50(38-33-45)67(52-41-36-47-18-5-6-20-49(47)42-52)65-58-27-13-9-23-54(58)63(55-24-10-14-28-59(55)65)64-56-25-11-15-29-60(56)66(61-30-16-12-26-57(61)64)68(51-39-34-46(35-40-51)44(3)4)62-31-17-21-48-19-7-8-22-53(48)62/h5-44H,1-4H3. The summed E-state index contributed by atoms with van der Waals surface area (Å²) in [7, 11) is 0. The van der Waals surface area contributed by atoms with Crippen LogP contribution in [0.1, 0.15) is 50.7 Å². The zero-order chi connectivity index (χ0) is 45.9. The van der Waals surface area contributed by atoms with Crippen molar-refractivity contribution >= 4 is 98.8 Å². The SMILES string of the molecule is CC(C)c1ccc(N(c2ccc3ccccc3c2)c2c3ccccc3c(-c3c4ccccc4c(N(c4ccc(C(C)C)cc4)c4cccc5ccccc45)c4ccccc34)c3ccccc23)cc1. The van der Waals surface area contributed by atoms with Crippen LogP contribution in [0.4, 0.5) is 34.1 Å². The molecule has 12 rings (SSSR count). The number of fused-ring (bicyclic) bond motifs is 6. The second-order valence-electron chi connectivity index (χ2n) is 18.8. The molecule has 0 amide bonds. The topological polar surface area (TPSA) is 6.48 Å². The smallest absolute Gasteiger partial charge is 0.0619 e. The lowest BCUT2D eigenvalue weighted by molar-refractivity contribution is 0.866. The van der Waals surface area contributed by atoms with Gasteiger partial charge in [0.25, 0.3) is 0 Å². The van der Waals surface area contributed by atoms with E-state index in [1.807, 2.05) is 0 Å². The minimum atomic E-state index is 0.428. The van der Waals surface area contributed by atoms with Crippen molar-refractivity contribution in [2.75, 3.05) is 9.80 Å². The van der Waals surface area contributed by atoms with Gasteiger partial charge in [0.1, 0.15) is 0 Å².